The van der Waals surface area contributed by atoms with Gasteiger partial charge in [-0.1, -0.05) is 30.4 Å². The number of nitrogens with zero attached hydrogens (tertiary/aromatic N) is 1. The standard InChI is InChI=1S/C20H20N2O4/c1-25-17-10-9-12(11-16(17)22(23)24)19-14-6-3-5-13(14)15-7-4-8-18(26-2)20(15)21-19/h3-5,7-11,13-14,19,21H,6H2,1-2H3/t13-,14+,19-/m0/s1. The molecule has 0 unspecified atom stereocenters. The van der Waals surface area contributed by atoms with Gasteiger partial charge < -0.3 is 14.8 Å². The monoisotopic (exact) mass is 352 g/mol. The van der Waals surface area contributed by atoms with Crippen molar-refractivity contribution in [3.63, 3.8) is 0 Å². The maximum absolute atomic E-state index is 11.4. The Labute approximate surface area is 151 Å². The van der Waals surface area contributed by atoms with Crippen molar-refractivity contribution < 1.29 is 14.4 Å². The smallest absolute Gasteiger partial charge is 0.311 e. The Morgan fingerprint density at radius 2 is 1.96 bits per heavy atom. The molecule has 0 aromatic heterocycles. The molecule has 0 radical (unpaired) electrons. The summed E-state index contributed by atoms with van der Waals surface area (Å²) < 4.78 is 10.7. The van der Waals surface area contributed by atoms with E-state index in [-0.39, 0.29) is 23.4 Å². The third kappa shape index (κ3) is 2.49. The zero-order valence-electron chi connectivity index (χ0n) is 14.6. The molecule has 2 aromatic carbocycles. The summed E-state index contributed by atoms with van der Waals surface area (Å²) in [5.74, 6) is 1.64. The van der Waals surface area contributed by atoms with E-state index in [0.29, 0.717) is 5.92 Å². The number of fused-ring (bicyclic) bond motifs is 3. The number of rotatable bonds is 4. The Morgan fingerprint density at radius 1 is 1.15 bits per heavy atom. The van der Waals surface area contributed by atoms with Gasteiger partial charge in [0.1, 0.15) is 5.75 Å². The van der Waals surface area contributed by atoms with Crippen molar-refractivity contribution >= 4 is 11.4 Å². The van der Waals surface area contributed by atoms with E-state index in [0.717, 1.165) is 23.4 Å². The molecule has 1 heterocycles. The van der Waals surface area contributed by atoms with Crippen LogP contribution in [0.5, 0.6) is 11.5 Å². The van der Waals surface area contributed by atoms with Gasteiger partial charge in [-0.15, -0.1) is 0 Å². The van der Waals surface area contributed by atoms with Crippen molar-refractivity contribution in [2.45, 2.75) is 18.4 Å². The highest BCUT2D eigenvalue weighted by Crippen LogP contribution is 2.52. The summed E-state index contributed by atoms with van der Waals surface area (Å²) in [5, 5.41) is 15.0. The maximum atomic E-state index is 11.4. The molecule has 1 N–H and O–H groups in total. The van der Waals surface area contributed by atoms with E-state index in [1.165, 1.54) is 12.7 Å². The second-order valence-electron chi connectivity index (χ2n) is 6.59. The van der Waals surface area contributed by atoms with Crippen LogP contribution in [0.4, 0.5) is 11.4 Å². The van der Waals surface area contributed by atoms with Crippen LogP contribution in [0.15, 0.2) is 48.6 Å². The summed E-state index contributed by atoms with van der Waals surface area (Å²) in [7, 11) is 3.10. The number of anilines is 1. The third-order valence-corrected chi connectivity index (χ3v) is 5.34. The number of nitro benzene ring substituents is 1. The molecule has 0 bridgehead atoms. The van der Waals surface area contributed by atoms with Gasteiger partial charge in [-0.25, -0.2) is 0 Å². The van der Waals surface area contributed by atoms with Crippen molar-refractivity contribution in [1.82, 2.24) is 0 Å². The first kappa shape index (κ1) is 16.4. The Morgan fingerprint density at radius 3 is 2.69 bits per heavy atom. The predicted molar refractivity (Wildman–Crippen MR) is 99.0 cm³/mol. The van der Waals surface area contributed by atoms with Gasteiger partial charge >= 0.3 is 5.69 Å². The topological polar surface area (TPSA) is 73.6 Å². The second-order valence-corrected chi connectivity index (χ2v) is 6.59. The van der Waals surface area contributed by atoms with Gasteiger partial charge in [-0.2, -0.15) is 0 Å². The van der Waals surface area contributed by atoms with Crippen molar-refractivity contribution in [3.05, 3.63) is 69.8 Å². The van der Waals surface area contributed by atoms with E-state index in [1.54, 1.807) is 19.2 Å². The molecule has 0 saturated carbocycles. The lowest BCUT2D eigenvalue weighted by Crippen LogP contribution is -2.29. The molecule has 6 heteroatoms. The van der Waals surface area contributed by atoms with Gasteiger partial charge in [0.2, 0.25) is 0 Å². The largest absolute Gasteiger partial charge is 0.495 e. The number of ether oxygens (including phenoxy) is 2. The van der Waals surface area contributed by atoms with Gasteiger partial charge in [0, 0.05) is 12.0 Å². The number of hydrogen-bond acceptors (Lipinski definition) is 5. The molecule has 6 nitrogen and oxygen atoms in total. The Bertz CT molecular complexity index is 893. The van der Waals surface area contributed by atoms with Crippen LogP contribution in [0.25, 0.3) is 0 Å². The molecule has 2 aromatic rings. The van der Waals surface area contributed by atoms with E-state index >= 15 is 0 Å². The van der Waals surface area contributed by atoms with E-state index < -0.39 is 4.92 Å². The highest BCUT2D eigenvalue weighted by atomic mass is 16.6. The lowest BCUT2D eigenvalue weighted by Gasteiger charge is -2.38. The maximum Gasteiger partial charge on any atom is 0.311 e. The molecule has 2 aliphatic rings. The van der Waals surface area contributed by atoms with Crippen molar-refractivity contribution in [3.8, 4) is 11.5 Å². The molecule has 26 heavy (non-hydrogen) atoms. The number of para-hydroxylation sites is 1. The Hall–Kier alpha value is -3.02. The van der Waals surface area contributed by atoms with Crippen molar-refractivity contribution in [1.29, 1.82) is 0 Å². The Kier molecular flexibility index (Phi) is 4.03. The van der Waals surface area contributed by atoms with Gasteiger partial charge in [-0.3, -0.25) is 10.1 Å². The van der Waals surface area contributed by atoms with Gasteiger partial charge in [0.25, 0.3) is 0 Å². The average molecular weight is 352 g/mol. The van der Waals surface area contributed by atoms with Crippen LogP contribution in [0.2, 0.25) is 0 Å². The summed E-state index contributed by atoms with van der Waals surface area (Å²) in [4.78, 5) is 11.0. The van der Waals surface area contributed by atoms with Crippen molar-refractivity contribution in [2.24, 2.45) is 5.92 Å². The molecule has 0 fully saturated rings. The van der Waals surface area contributed by atoms with Crippen LogP contribution in [0.3, 0.4) is 0 Å². The minimum atomic E-state index is -0.399. The molecule has 134 valence electrons. The molecule has 4 rings (SSSR count). The molecule has 0 amide bonds. The van der Waals surface area contributed by atoms with Crippen LogP contribution in [0.1, 0.15) is 29.5 Å². The minimum Gasteiger partial charge on any atom is -0.495 e. The SMILES string of the molecule is COc1ccc([C@@H]2Nc3c(OC)cccc3[C@H]3C=CC[C@H]32)cc1[N+](=O)[O-]. The summed E-state index contributed by atoms with van der Waals surface area (Å²) in [5.41, 5.74) is 3.04. The fourth-order valence-corrected chi connectivity index (χ4v) is 4.14. The predicted octanol–water partition coefficient (Wildman–Crippen LogP) is 4.44. The fourth-order valence-electron chi connectivity index (χ4n) is 4.14. The van der Waals surface area contributed by atoms with Crippen molar-refractivity contribution in [2.75, 3.05) is 19.5 Å². The van der Waals surface area contributed by atoms with Crippen LogP contribution >= 0.6 is 0 Å². The lowest BCUT2D eigenvalue weighted by molar-refractivity contribution is -0.385. The van der Waals surface area contributed by atoms with Gasteiger partial charge in [-0.05, 0) is 35.6 Å². The number of nitro groups is 1. The summed E-state index contributed by atoms with van der Waals surface area (Å²) >= 11 is 0. The van der Waals surface area contributed by atoms with Crippen LogP contribution < -0.4 is 14.8 Å². The zero-order chi connectivity index (χ0) is 18.3. The minimum absolute atomic E-state index is 0.0138. The highest BCUT2D eigenvalue weighted by molar-refractivity contribution is 5.68. The van der Waals surface area contributed by atoms with E-state index in [1.807, 2.05) is 18.2 Å². The summed E-state index contributed by atoms with van der Waals surface area (Å²) in [6.45, 7) is 0. The van der Waals surface area contributed by atoms with E-state index in [2.05, 4.69) is 23.5 Å². The summed E-state index contributed by atoms with van der Waals surface area (Å²) in [6.07, 6.45) is 5.35. The Balaban J connectivity index is 1.80. The number of benzene rings is 2. The zero-order valence-corrected chi connectivity index (χ0v) is 14.6. The fraction of sp³-hybridized carbons (Fsp3) is 0.300. The number of methoxy groups -OCH3 is 2. The van der Waals surface area contributed by atoms with Gasteiger partial charge in [0.15, 0.2) is 5.75 Å². The number of nitrogens with one attached hydrogen (secondary N) is 1. The average Bonchev–Trinajstić information content (AvgIpc) is 3.16. The normalized spacial score (nSPS) is 22.9. The molecule has 0 spiro atoms. The number of allylic oxidation sites excluding steroid dienone is 2. The van der Waals surface area contributed by atoms with Crippen LogP contribution in [-0.4, -0.2) is 19.1 Å². The molecule has 1 aliphatic carbocycles. The van der Waals surface area contributed by atoms with Crippen LogP contribution in [-0.2, 0) is 0 Å². The third-order valence-electron chi connectivity index (χ3n) is 5.34. The molecule has 0 saturated heterocycles. The lowest BCUT2D eigenvalue weighted by atomic mass is 9.77. The second kappa shape index (κ2) is 6.37. The first-order valence-corrected chi connectivity index (χ1v) is 8.56. The first-order chi connectivity index (χ1) is 12.6. The summed E-state index contributed by atoms with van der Waals surface area (Å²) in [6, 6.07) is 11.2. The van der Waals surface area contributed by atoms with E-state index in [4.69, 9.17) is 9.47 Å². The molecular formula is C20H20N2O4. The van der Waals surface area contributed by atoms with Gasteiger partial charge in [0.05, 0.1) is 30.9 Å². The van der Waals surface area contributed by atoms with Crippen LogP contribution in [0, 0.1) is 16.0 Å². The quantitative estimate of drug-likeness (QED) is 0.500. The highest BCUT2D eigenvalue weighted by Gasteiger charge is 2.39. The molecular weight excluding hydrogens is 332 g/mol. The molecule has 1 aliphatic heterocycles. The number of hydrogen-bond donors (Lipinski definition) is 1. The molecule has 3 atom stereocenters. The van der Waals surface area contributed by atoms with E-state index in [9.17, 15) is 10.1 Å². The first-order valence-electron chi connectivity index (χ1n) is 8.56.